The van der Waals surface area contributed by atoms with Crippen molar-refractivity contribution >= 4 is 60.7 Å². The van der Waals surface area contributed by atoms with Gasteiger partial charge in [-0.15, -0.1) is 22.7 Å². The molecule has 3 heterocycles. The second kappa shape index (κ2) is 10.1. The summed E-state index contributed by atoms with van der Waals surface area (Å²) in [5, 5.41) is 6.71. The van der Waals surface area contributed by atoms with Gasteiger partial charge in [-0.3, -0.25) is 4.79 Å². The summed E-state index contributed by atoms with van der Waals surface area (Å²) in [5.41, 5.74) is 3.43. The second-order valence-corrected chi connectivity index (χ2v) is 11.1. The summed E-state index contributed by atoms with van der Waals surface area (Å²) in [6.45, 7) is 3.12. The zero-order valence-electron chi connectivity index (χ0n) is 20.9. The van der Waals surface area contributed by atoms with Crippen LogP contribution >= 0.6 is 22.7 Å². The van der Waals surface area contributed by atoms with E-state index in [1.165, 1.54) is 11.3 Å². The van der Waals surface area contributed by atoms with Gasteiger partial charge in [0.25, 0.3) is 5.91 Å². The predicted octanol–water partition coefficient (Wildman–Crippen LogP) is 6.95. The molecule has 1 aliphatic rings. The molecule has 192 valence electrons. The third-order valence-corrected chi connectivity index (χ3v) is 8.82. The van der Waals surface area contributed by atoms with Crippen LogP contribution < -0.4 is 10.1 Å². The normalized spacial score (nSPS) is 12.9. The Morgan fingerprint density at radius 2 is 1.82 bits per heavy atom. The van der Waals surface area contributed by atoms with Crippen molar-refractivity contribution in [2.45, 2.75) is 19.9 Å². The topological polar surface area (TPSA) is 80.8 Å². The van der Waals surface area contributed by atoms with Crippen molar-refractivity contribution in [2.75, 3.05) is 25.6 Å². The minimum absolute atomic E-state index is 0.254. The summed E-state index contributed by atoms with van der Waals surface area (Å²) in [5.74, 6) is 0.258. The van der Waals surface area contributed by atoms with E-state index in [4.69, 9.17) is 14.5 Å². The number of carbonyl (C=O) groups is 2. The van der Waals surface area contributed by atoms with Crippen LogP contribution in [0, 0.1) is 0 Å². The van der Waals surface area contributed by atoms with Crippen LogP contribution in [-0.4, -0.2) is 42.1 Å². The summed E-state index contributed by atoms with van der Waals surface area (Å²) < 4.78 is 11.9. The Labute approximate surface area is 227 Å². The summed E-state index contributed by atoms with van der Waals surface area (Å²) in [7, 11) is 1.57. The summed E-state index contributed by atoms with van der Waals surface area (Å²) in [6.07, 6.45) is 0.338. The van der Waals surface area contributed by atoms with Gasteiger partial charge in [0.2, 0.25) is 0 Å². The zero-order valence-corrected chi connectivity index (χ0v) is 22.6. The number of para-hydroxylation sites is 1. The number of methoxy groups -OCH3 is 1. The lowest BCUT2D eigenvalue weighted by atomic mass is 10.0. The molecule has 6 rings (SSSR count). The number of nitrogens with zero attached hydrogens (tertiary/aromatic N) is 2. The second-order valence-electron chi connectivity index (χ2n) is 8.92. The lowest BCUT2D eigenvalue weighted by molar-refractivity contribution is 0.102. The van der Waals surface area contributed by atoms with Crippen LogP contribution in [0.4, 0.5) is 9.80 Å². The fraction of sp³-hybridized carbons (Fsp3) is 0.207. The Balaban J connectivity index is 1.42. The first kappa shape index (κ1) is 24.4. The van der Waals surface area contributed by atoms with Crippen LogP contribution in [0.2, 0.25) is 0 Å². The predicted molar refractivity (Wildman–Crippen MR) is 153 cm³/mol. The van der Waals surface area contributed by atoms with Crippen molar-refractivity contribution in [1.29, 1.82) is 0 Å². The molecule has 1 N–H and O–H groups in total. The largest absolute Gasteiger partial charge is 0.496 e. The standard InChI is InChI=1S/C29H25N3O4S2/c1-3-36-29(34)32-13-12-19-24(16-32)38-28(25(19)27-30-21-10-6-7-11-23(21)37-27)31-26(33)20-14-17-8-4-5-9-18(17)15-22(20)35-2/h4-11,14-15H,3,12-13,16H2,1-2H3,(H,31,33). The molecular weight excluding hydrogens is 518 g/mol. The highest BCUT2D eigenvalue weighted by molar-refractivity contribution is 7.23. The van der Waals surface area contributed by atoms with Crippen molar-refractivity contribution in [3.63, 3.8) is 0 Å². The molecule has 2 aromatic heterocycles. The first-order chi connectivity index (χ1) is 18.6. The Hall–Kier alpha value is -3.95. The number of fused-ring (bicyclic) bond motifs is 3. The lowest BCUT2D eigenvalue weighted by Gasteiger charge is -2.26. The van der Waals surface area contributed by atoms with Crippen molar-refractivity contribution < 1.29 is 19.1 Å². The minimum Gasteiger partial charge on any atom is -0.496 e. The van der Waals surface area contributed by atoms with E-state index in [9.17, 15) is 9.59 Å². The average molecular weight is 544 g/mol. The van der Waals surface area contributed by atoms with E-state index >= 15 is 0 Å². The van der Waals surface area contributed by atoms with Gasteiger partial charge in [0.1, 0.15) is 15.8 Å². The third-order valence-electron chi connectivity index (χ3n) is 6.63. The van der Waals surface area contributed by atoms with Crippen molar-refractivity contribution in [1.82, 2.24) is 9.88 Å². The number of aromatic nitrogens is 1. The highest BCUT2D eigenvalue weighted by atomic mass is 32.1. The van der Waals surface area contributed by atoms with Crippen LogP contribution in [-0.2, 0) is 17.7 Å². The Morgan fingerprint density at radius 3 is 2.58 bits per heavy atom. The van der Waals surface area contributed by atoms with Crippen molar-refractivity contribution in [3.05, 3.63) is 76.7 Å². The number of nitrogens with one attached hydrogen (secondary N) is 1. The van der Waals surface area contributed by atoms with Crippen molar-refractivity contribution in [2.24, 2.45) is 0 Å². The van der Waals surface area contributed by atoms with E-state index in [2.05, 4.69) is 11.4 Å². The van der Waals surface area contributed by atoms with Crippen LogP contribution in [0.3, 0.4) is 0 Å². The molecule has 0 unspecified atom stereocenters. The number of amides is 2. The quantitative estimate of drug-likeness (QED) is 0.259. The fourth-order valence-corrected chi connectivity index (χ4v) is 7.17. The highest BCUT2D eigenvalue weighted by Crippen LogP contribution is 2.46. The Kier molecular flexibility index (Phi) is 6.47. The number of hydrogen-bond donors (Lipinski definition) is 1. The summed E-state index contributed by atoms with van der Waals surface area (Å²) in [4.78, 5) is 33.8. The van der Waals surface area contributed by atoms with E-state index < -0.39 is 0 Å². The molecule has 38 heavy (non-hydrogen) atoms. The van der Waals surface area contributed by atoms with Gasteiger partial charge in [-0.1, -0.05) is 36.4 Å². The molecular formula is C29H25N3O4S2. The molecule has 0 atom stereocenters. The summed E-state index contributed by atoms with van der Waals surface area (Å²) in [6, 6.07) is 19.6. The number of thiophene rings is 1. The molecule has 1 aliphatic heterocycles. The van der Waals surface area contributed by atoms with Gasteiger partial charge in [-0.25, -0.2) is 9.78 Å². The molecule has 9 heteroatoms. The summed E-state index contributed by atoms with van der Waals surface area (Å²) >= 11 is 3.09. The maximum atomic E-state index is 13.7. The highest BCUT2D eigenvalue weighted by Gasteiger charge is 2.30. The molecule has 0 saturated heterocycles. The monoisotopic (exact) mass is 543 g/mol. The number of thiazole rings is 1. The van der Waals surface area contributed by atoms with Crippen LogP contribution in [0.25, 0.3) is 31.6 Å². The number of ether oxygens (including phenoxy) is 2. The van der Waals surface area contributed by atoms with E-state index in [0.29, 0.717) is 37.4 Å². The van der Waals surface area contributed by atoms with Gasteiger partial charge in [0.05, 0.1) is 36.0 Å². The van der Waals surface area contributed by atoms with Gasteiger partial charge in [0, 0.05) is 17.0 Å². The van der Waals surface area contributed by atoms with E-state index in [1.807, 2.05) is 54.6 Å². The number of anilines is 1. The van der Waals surface area contributed by atoms with Crippen LogP contribution in [0.5, 0.6) is 5.75 Å². The third kappa shape index (κ3) is 4.37. The molecule has 3 aromatic carbocycles. The van der Waals surface area contributed by atoms with Gasteiger partial charge >= 0.3 is 6.09 Å². The first-order valence-corrected chi connectivity index (χ1v) is 14.0. The first-order valence-electron chi connectivity index (χ1n) is 12.4. The molecule has 2 amide bonds. The van der Waals surface area contributed by atoms with Gasteiger partial charge < -0.3 is 19.7 Å². The van der Waals surface area contributed by atoms with E-state index in [-0.39, 0.29) is 12.0 Å². The Bertz CT molecular complexity index is 1660. The molecule has 0 spiro atoms. The maximum absolute atomic E-state index is 13.7. The van der Waals surface area contributed by atoms with Crippen molar-refractivity contribution in [3.8, 4) is 16.3 Å². The maximum Gasteiger partial charge on any atom is 0.410 e. The molecule has 0 saturated carbocycles. The molecule has 5 aromatic rings. The smallest absolute Gasteiger partial charge is 0.410 e. The Morgan fingerprint density at radius 1 is 1.05 bits per heavy atom. The number of carbonyl (C=O) groups excluding carboxylic acids is 2. The lowest BCUT2D eigenvalue weighted by Crippen LogP contribution is -2.35. The molecule has 7 nitrogen and oxygen atoms in total. The molecule has 0 radical (unpaired) electrons. The van der Waals surface area contributed by atoms with E-state index in [1.54, 1.807) is 30.3 Å². The van der Waals surface area contributed by atoms with Gasteiger partial charge in [-0.05, 0) is 53.9 Å². The van der Waals surface area contributed by atoms with Gasteiger partial charge in [0.15, 0.2) is 0 Å². The average Bonchev–Trinajstić information content (AvgIpc) is 3.52. The molecule has 0 bridgehead atoms. The van der Waals surface area contributed by atoms with Crippen LogP contribution in [0.1, 0.15) is 27.7 Å². The molecule has 0 fully saturated rings. The number of rotatable bonds is 5. The SMILES string of the molecule is CCOC(=O)N1CCc2c(sc(NC(=O)c3cc4ccccc4cc3OC)c2-c2nc3ccccc3s2)C1. The molecule has 0 aliphatic carbocycles. The number of hydrogen-bond acceptors (Lipinski definition) is 7. The van der Waals surface area contributed by atoms with E-state index in [0.717, 1.165) is 47.0 Å². The number of benzene rings is 3. The minimum atomic E-state index is -0.320. The van der Waals surface area contributed by atoms with Crippen LogP contribution in [0.15, 0.2) is 60.7 Å². The fourth-order valence-electron chi connectivity index (χ4n) is 4.80. The van der Waals surface area contributed by atoms with Gasteiger partial charge in [-0.2, -0.15) is 0 Å². The zero-order chi connectivity index (χ0) is 26.2.